The van der Waals surface area contributed by atoms with Crippen molar-refractivity contribution < 1.29 is 13.2 Å². The molecule has 0 spiro atoms. The van der Waals surface area contributed by atoms with E-state index in [4.69, 9.17) is 28.6 Å². The molecule has 0 unspecified atom stereocenters. The van der Waals surface area contributed by atoms with Crippen LogP contribution >= 0.6 is 23.8 Å². The molecule has 0 amide bonds. The lowest BCUT2D eigenvalue weighted by Gasteiger charge is -2.35. The summed E-state index contributed by atoms with van der Waals surface area (Å²) in [5.74, 6) is 0.632. The van der Waals surface area contributed by atoms with E-state index in [1.165, 1.54) is 4.31 Å². The van der Waals surface area contributed by atoms with Crippen LogP contribution in [-0.4, -0.2) is 56.0 Å². The van der Waals surface area contributed by atoms with Crippen LogP contribution in [0.15, 0.2) is 47.4 Å². The molecule has 2 aromatic carbocycles. The Morgan fingerprint density at radius 3 is 2.36 bits per heavy atom. The largest absolute Gasteiger partial charge is 0.495 e. The number of anilines is 1. The lowest BCUT2D eigenvalue weighted by Crippen LogP contribution is -2.51. The zero-order valence-electron chi connectivity index (χ0n) is 15.7. The highest BCUT2D eigenvalue weighted by molar-refractivity contribution is 7.89. The van der Waals surface area contributed by atoms with E-state index in [2.05, 4.69) is 5.32 Å². The van der Waals surface area contributed by atoms with Gasteiger partial charge in [-0.25, -0.2) is 8.42 Å². The third kappa shape index (κ3) is 4.57. The van der Waals surface area contributed by atoms with Crippen LogP contribution in [0.3, 0.4) is 0 Å². The molecule has 1 heterocycles. The monoisotopic (exact) mass is 439 g/mol. The Hall–Kier alpha value is -1.87. The van der Waals surface area contributed by atoms with Gasteiger partial charge in [-0.3, -0.25) is 0 Å². The molecule has 0 atom stereocenters. The normalized spacial score (nSPS) is 15.3. The zero-order valence-corrected chi connectivity index (χ0v) is 18.1. The summed E-state index contributed by atoms with van der Waals surface area (Å²) in [5.41, 5.74) is 1.70. The maximum absolute atomic E-state index is 12.8. The van der Waals surface area contributed by atoms with Crippen molar-refractivity contribution >= 4 is 44.6 Å². The van der Waals surface area contributed by atoms with Gasteiger partial charge in [0.05, 0.1) is 17.7 Å². The van der Waals surface area contributed by atoms with E-state index in [0.29, 0.717) is 52.6 Å². The minimum atomic E-state index is -3.50. The number of nitrogens with one attached hydrogen (secondary N) is 1. The van der Waals surface area contributed by atoms with Crippen molar-refractivity contribution in [1.29, 1.82) is 0 Å². The van der Waals surface area contributed by atoms with Crippen LogP contribution in [0.1, 0.15) is 5.56 Å². The average molecular weight is 440 g/mol. The van der Waals surface area contributed by atoms with E-state index in [1.54, 1.807) is 49.6 Å². The van der Waals surface area contributed by atoms with Crippen LogP contribution in [0.5, 0.6) is 5.75 Å². The molecule has 0 radical (unpaired) electrons. The number of hydrogen-bond acceptors (Lipinski definition) is 4. The Bertz CT molecular complexity index is 957. The number of halogens is 1. The molecule has 150 valence electrons. The minimum Gasteiger partial charge on any atom is -0.495 e. The van der Waals surface area contributed by atoms with E-state index in [-0.39, 0.29) is 0 Å². The first-order chi connectivity index (χ1) is 13.3. The van der Waals surface area contributed by atoms with Gasteiger partial charge in [-0.05, 0) is 49.5 Å². The number of hydrogen-bond donors (Lipinski definition) is 1. The van der Waals surface area contributed by atoms with Gasteiger partial charge in [0.2, 0.25) is 10.0 Å². The topological polar surface area (TPSA) is 61.9 Å². The Morgan fingerprint density at radius 2 is 1.75 bits per heavy atom. The van der Waals surface area contributed by atoms with Gasteiger partial charge in [0.1, 0.15) is 5.75 Å². The van der Waals surface area contributed by atoms with E-state index in [0.717, 1.165) is 5.56 Å². The summed E-state index contributed by atoms with van der Waals surface area (Å²) in [6, 6.07) is 12.2. The molecule has 6 nitrogen and oxygen atoms in total. The van der Waals surface area contributed by atoms with Crippen LogP contribution in [0.25, 0.3) is 0 Å². The number of rotatable bonds is 4. The molecule has 1 saturated heterocycles. The number of piperazine rings is 1. The lowest BCUT2D eigenvalue weighted by molar-refractivity contribution is 0.268. The van der Waals surface area contributed by atoms with Gasteiger partial charge in [-0.2, -0.15) is 4.31 Å². The lowest BCUT2D eigenvalue weighted by atomic mass is 10.2. The molecule has 3 rings (SSSR count). The molecule has 2 aromatic rings. The highest BCUT2D eigenvalue weighted by Crippen LogP contribution is 2.28. The van der Waals surface area contributed by atoms with Crippen molar-refractivity contribution in [3.63, 3.8) is 0 Å². The Morgan fingerprint density at radius 1 is 1.11 bits per heavy atom. The van der Waals surface area contributed by atoms with Gasteiger partial charge < -0.3 is 15.0 Å². The van der Waals surface area contributed by atoms with E-state index >= 15 is 0 Å². The summed E-state index contributed by atoms with van der Waals surface area (Å²) in [6.45, 7) is 3.66. The molecule has 0 bridgehead atoms. The van der Waals surface area contributed by atoms with Gasteiger partial charge in [-0.1, -0.05) is 29.3 Å². The van der Waals surface area contributed by atoms with Crippen LogP contribution < -0.4 is 10.1 Å². The molecular formula is C19H22ClN3O3S2. The molecular weight excluding hydrogens is 418 g/mol. The van der Waals surface area contributed by atoms with Crippen LogP contribution in [0.2, 0.25) is 5.02 Å². The average Bonchev–Trinajstić information content (AvgIpc) is 2.68. The number of nitrogens with zero attached hydrogens (tertiary/aromatic N) is 2. The highest BCUT2D eigenvalue weighted by atomic mass is 35.5. The number of benzene rings is 2. The van der Waals surface area contributed by atoms with Gasteiger partial charge in [0, 0.05) is 31.2 Å². The number of methoxy groups -OCH3 is 1. The maximum Gasteiger partial charge on any atom is 0.243 e. The summed E-state index contributed by atoms with van der Waals surface area (Å²) in [7, 11) is -1.92. The van der Waals surface area contributed by atoms with E-state index in [9.17, 15) is 8.42 Å². The van der Waals surface area contributed by atoms with E-state index < -0.39 is 10.0 Å². The van der Waals surface area contributed by atoms with Crippen molar-refractivity contribution in [2.45, 2.75) is 11.8 Å². The molecule has 9 heteroatoms. The quantitative estimate of drug-likeness (QED) is 0.737. The Balaban J connectivity index is 1.64. The molecule has 1 N–H and O–H groups in total. The second-order valence-electron chi connectivity index (χ2n) is 6.48. The fourth-order valence-corrected chi connectivity index (χ4v) is 4.85. The highest BCUT2D eigenvalue weighted by Gasteiger charge is 2.29. The SMILES string of the molecule is COc1ccc(Cl)cc1NC(=S)N1CCN(S(=O)(=O)c2ccc(C)cc2)CC1. The first-order valence-corrected chi connectivity index (χ1v) is 11.0. The molecule has 1 aliphatic rings. The number of sulfonamides is 1. The van der Waals surface area contributed by atoms with Crippen molar-refractivity contribution in [3.05, 3.63) is 53.1 Å². The maximum atomic E-state index is 12.8. The Labute approximate surface area is 176 Å². The van der Waals surface area contributed by atoms with Gasteiger partial charge >= 0.3 is 0 Å². The summed E-state index contributed by atoms with van der Waals surface area (Å²) in [5, 5.41) is 4.22. The third-order valence-corrected chi connectivity index (χ3v) is 7.10. The number of thiocarbonyl (C=S) groups is 1. The molecule has 0 aliphatic carbocycles. The van der Waals surface area contributed by atoms with Gasteiger partial charge in [0.25, 0.3) is 0 Å². The third-order valence-electron chi connectivity index (χ3n) is 4.59. The van der Waals surface area contributed by atoms with Gasteiger partial charge in [0.15, 0.2) is 5.11 Å². The van der Waals surface area contributed by atoms with Crippen molar-refractivity contribution in [2.75, 3.05) is 38.6 Å². The molecule has 1 aliphatic heterocycles. The molecule has 28 heavy (non-hydrogen) atoms. The van der Waals surface area contributed by atoms with Crippen molar-refractivity contribution in [1.82, 2.24) is 9.21 Å². The van der Waals surface area contributed by atoms with Crippen LogP contribution in [-0.2, 0) is 10.0 Å². The predicted octanol–water partition coefficient (Wildman–Crippen LogP) is 3.36. The number of ether oxygens (including phenoxy) is 1. The molecule has 1 fully saturated rings. The summed E-state index contributed by atoms with van der Waals surface area (Å²) in [4.78, 5) is 2.26. The smallest absolute Gasteiger partial charge is 0.243 e. The van der Waals surface area contributed by atoms with Crippen LogP contribution in [0.4, 0.5) is 5.69 Å². The second-order valence-corrected chi connectivity index (χ2v) is 9.24. The van der Waals surface area contributed by atoms with Crippen molar-refractivity contribution in [2.24, 2.45) is 0 Å². The fourth-order valence-electron chi connectivity index (χ4n) is 2.96. The standard InChI is InChI=1S/C19H22ClN3O3S2/c1-14-3-6-16(7-4-14)28(24,25)23-11-9-22(10-12-23)19(27)21-17-13-15(20)5-8-18(17)26-2/h3-8,13H,9-12H2,1-2H3,(H,21,27). The molecule has 0 aromatic heterocycles. The number of aryl methyl sites for hydroxylation is 1. The second kappa shape index (κ2) is 8.65. The van der Waals surface area contributed by atoms with E-state index in [1.807, 2.05) is 11.8 Å². The first-order valence-electron chi connectivity index (χ1n) is 8.77. The predicted molar refractivity (Wildman–Crippen MR) is 116 cm³/mol. The summed E-state index contributed by atoms with van der Waals surface area (Å²) in [6.07, 6.45) is 0. The zero-order chi connectivity index (χ0) is 20.3. The van der Waals surface area contributed by atoms with Gasteiger partial charge in [-0.15, -0.1) is 0 Å². The molecule has 0 saturated carbocycles. The van der Waals surface area contributed by atoms with Crippen LogP contribution in [0, 0.1) is 6.92 Å². The Kier molecular flexibility index (Phi) is 6.44. The first kappa shape index (κ1) is 20.9. The van der Waals surface area contributed by atoms with Crippen molar-refractivity contribution in [3.8, 4) is 5.75 Å². The minimum absolute atomic E-state index is 0.316. The summed E-state index contributed by atoms with van der Waals surface area (Å²) >= 11 is 11.5. The summed E-state index contributed by atoms with van der Waals surface area (Å²) < 4.78 is 32.4. The fraction of sp³-hybridized carbons (Fsp3) is 0.316.